The summed E-state index contributed by atoms with van der Waals surface area (Å²) in [6.07, 6.45) is 0. The molecule has 0 aromatic heterocycles. The molecule has 0 unspecified atom stereocenters. The normalized spacial score (nSPS) is 27.2. The first-order valence-corrected chi connectivity index (χ1v) is 9.05. The fourth-order valence-electron chi connectivity index (χ4n) is 1.10. The van der Waals surface area contributed by atoms with E-state index in [0.29, 0.717) is 0 Å². The minimum atomic E-state index is 0.0591. The van der Waals surface area contributed by atoms with E-state index in [2.05, 4.69) is 20.8 Å². The predicted molar refractivity (Wildman–Crippen MR) is 81.4 cm³/mol. The summed E-state index contributed by atoms with van der Waals surface area (Å²) in [5, 5.41) is 21.4. The highest BCUT2D eigenvalue weighted by molar-refractivity contribution is 8.54. The lowest BCUT2D eigenvalue weighted by atomic mass is 10.8. The Kier molecular flexibility index (Phi) is 5.45. The monoisotopic (exact) mass is 318 g/mol. The van der Waals surface area contributed by atoms with Gasteiger partial charge in [0.2, 0.25) is 0 Å². The number of hydrogen-bond donors (Lipinski definition) is 0. The number of rotatable bonds is 2. The van der Waals surface area contributed by atoms with Crippen molar-refractivity contribution in [3.8, 4) is 10.8 Å². The number of hydrogen-bond acceptors (Lipinski definition) is 9. The number of nitriles is 2. The molecule has 2 rings (SSSR count). The molecule has 0 N–H and O–H groups in total. The van der Waals surface area contributed by atoms with E-state index in [1.54, 1.807) is 35.3 Å². The van der Waals surface area contributed by atoms with Gasteiger partial charge in [0.05, 0.1) is 0 Å². The van der Waals surface area contributed by atoms with Crippen molar-refractivity contribution in [1.82, 2.24) is 0 Å². The fourth-order valence-corrected chi connectivity index (χ4v) is 6.02. The van der Waals surface area contributed by atoms with E-state index >= 15 is 0 Å². The van der Waals surface area contributed by atoms with Gasteiger partial charge in [0, 0.05) is 11.5 Å². The maximum atomic E-state index is 8.56. The summed E-state index contributed by atoms with van der Waals surface area (Å²) in [4.78, 5) is 8.86. The van der Waals surface area contributed by atoms with Crippen molar-refractivity contribution in [3.05, 3.63) is 0 Å². The van der Waals surface area contributed by atoms with Gasteiger partial charge in [-0.15, -0.1) is 0 Å². The van der Waals surface area contributed by atoms with Crippen LogP contribution in [0.2, 0.25) is 0 Å². The van der Waals surface area contributed by atoms with Gasteiger partial charge in [-0.1, -0.05) is 23.5 Å². The first kappa shape index (κ1) is 13.5. The highest BCUT2D eigenvalue weighted by atomic mass is 32.2. The second kappa shape index (κ2) is 6.86. The second-order valence-electron chi connectivity index (χ2n) is 2.84. The van der Waals surface area contributed by atoms with Gasteiger partial charge in [-0.2, -0.15) is 10.5 Å². The molecule has 0 fully saturated rings. The van der Waals surface area contributed by atoms with Crippen molar-refractivity contribution >= 4 is 67.6 Å². The van der Waals surface area contributed by atoms with Gasteiger partial charge in [-0.3, -0.25) is 9.98 Å². The molecule has 2 aliphatic heterocycles. The largest absolute Gasteiger partial charge is 0.255 e. The summed E-state index contributed by atoms with van der Waals surface area (Å²) < 4.78 is 1.96. The van der Waals surface area contributed by atoms with E-state index in [-0.39, 0.29) is 10.7 Å². The molecule has 0 aromatic rings. The SMILES string of the molecule is N#CS[C@@H]1CSC(SC2=N[C@@H](SC#N)CS2)=N1. The summed E-state index contributed by atoms with van der Waals surface area (Å²) >= 11 is 7.29. The zero-order valence-electron chi connectivity index (χ0n) is 8.40. The first-order valence-electron chi connectivity index (χ1n) is 4.50. The standard InChI is InChI=1S/C8H6N4S5/c9-3-15-5-1-13-7(11-5)17-8-12-6(2-14-8)16-4-10/h5-6H,1-2H2/t5-,6+. The molecule has 4 nitrogen and oxygen atoms in total. The van der Waals surface area contributed by atoms with Crippen LogP contribution in [0, 0.1) is 21.3 Å². The number of thioether (sulfide) groups is 5. The van der Waals surface area contributed by atoms with Crippen molar-refractivity contribution in [2.45, 2.75) is 10.7 Å². The molecule has 0 saturated heterocycles. The number of nitrogens with zero attached hydrogens (tertiary/aromatic N) is 4. The van der Waals surface area contributed by atoms with E-state index in [1.807, 2.05) is 0 Å². The summed E-state index contributed by atoms with van der Waals surface area (Å²) in [7, 11) is 0. The Morgan fingerprint density at radius 2 is 1.47 bits per heavy atom. The molecular weight excluding hydrogens is 312 g/mol. The van der Waals surface area contributed by atoms with Crippen LogP contribution in [-0.4, -0.2) is 31.0 Å². The molecule has 0 saturated carbocycles. The topological polar surface area (TPSA) is 72.3 Å². The average molecular weight is 318 g/mol. The fraction of sp³-hybridized carbons (Fsp3) is 0.500. The number of thiocyanates is 2. The highest BCUT2D eigenvalue weighted by Crippen LogP contribution is 2.37. The molecule has 2 atom stereocenters. The van der Waals surface area contributed by atoms with Crippen LogP contribution in [-0.2, 0) is 0 Å². The molecule has 0 aromatic carbocycles. The molecule has 9 heteroatoms. The molecule has 0 aliphatic carbocycles. The molecule has 0 spiro atoms. The van der Waals surface area contributed by atoms with Crippen LogP contribution in [0.4, 0.5) is 0 Å². The van der Waals surface area contributed by atoms with Crippen LogP contribution in [0.15, 0.2) is 9.98 Å². The summed E-state index contributed by atoms with van der Waals surface area (Å²) in [6.45, 7) is 0. The van der Waals surface area contributed by atoms with Gasteiger partial charge in [0.1, 0.15) is 30.3 Å². The Labute approximate surface area is 120 Å². The molecule has 0 bridgehead atoms. The van der Waals surface area contributed by atoms with Gasteiger partial charge in [-0.25, -0.2) is 0 Å². The van der Waals surface area contributed by atoms with E-state index in [0.717, 1.165) is 20.3 Å². The molecule has 0 amide bonds. The lowest BCUT2D eigenvalue weighted by molar-refractivity contribution is 1.09. The Hall–Kier alpha value is 0.0700. The third-order valence-corrected chi connectivity index (χ3v) is 6.91. The van der Waals surface area contributed by atoms with Crippen LogP contribution in [0.25, 0.3) is 0 Å². The van der Waals surface area contributed by atoms with Crippen molar-refractivity contribution in [1.29, 1.82) is 10.5 Å². The summed E-state index contributed by atoms with van der Waals surface area (Å²) in [6, 6.07) is 0. The molecule has 2 aliphatic rings. The second-order valence-corrected chi connectivity index (χ2v) is 8.28. The average Bonchev–Trinajstić information content (AvgIpc) is 2.91. The van der Waals surface area contributed by atoms with Gasteiger partial charge in [-0.05, 0) is 35.3 Å². The summed E-state index contributed by atoms with van der Waals surface area (Å²) in [5.41, 5.74) is 0. The van der Waals surface area contributed by atoms with E-state index < -0.39 is 0 Å². The van der Waals surface area contributed by atoms with Crippen molar-refractivity contribution in [2.24, 2.45) is 9.98 Å². The summed E-state index contributed by atoms with van der Waals surface area (Å²) in [5.74, 6) is 1.71. The smallest absolute Gasteiger partial charge is 0.135 e. The van der Waals surface area contributed by atoms with E-state index in [4.69, 9.17) is 10.5 Å². The van der Waals surface area contributed by atoms with Crippen LogP contribution in [0.3, 0.4) is 0 Å². The first-order chi connectivity index (χ1) is 8.31. The lowest BCUT2D eigenvalue weighted by Gasteiger charge is -1.96. The Bertz CT molecular complexity index is 394. The Morgan fingerprint density at radius 3 is 1.88 bits per heavy atom. The minimum Gasteiger partial charge on any atom is -0.255 e. The third kappa shape index (κ3) is 4.04. The van der Waals surface area contributed by atoms with Crippen molar-refractivity contribution < 1.29 is 0 Å². The zero-order valence-corrected chi connectivity index (χ0v) is 12.5. The Morgan fingerprint density at radius 1 is 1.00 bits per heavy atom. The van der Waals surface area contributed by atoms with Gasteiger partial charge in [0.25, 0.3) is 0 Å². The zero-order chi connectivity index (χ0) is 12.1. The third-order valence-electron chi connectivity index (χ3n) is 1.75. The number of aliphatic imine (C=N–C) groups is 2. The Balaban J connectivity index is 1.87. The molecule has 17 heavy (non-hydrogen) atoms. The van der Waals surface area contributed by atoms with Crippen LogP contribution in [0.5, 0.6) is 0 Å². The van der Waals surface area contributed by atoms with E-state index in [9.17, 15) is 0 Å². The molecule has 2 heterocycles. The van der Waals surface area contributed by atoms with Crippen LogP contribution < -0.4 is 0 Å². The lowest BCUT2D eigenvalue weighted by Crippen LogP contribution is -1.93. The van der Waals surface area contributed by atoms with Crippen LogP contribution in [0.1, 0.15) is 0 Å². The van der Waals surface area contributed by atoms with Crippen LogP contribution >= 0.6 is 58.8 Å². The van der Waals surface area contributed by atoms with Gasteiger partial charge in [0.15, 0.2) is 0 Å². The van der Waals surface area contributed by atoms with Crippen molar-refractivity contribution in [3.63, 3.8) is 0 Å². The quantitative estimate of drug-likeness (QED) is 0.725. The molecule has 88 valence electrons. The highest BCUT2D eigenvalue weighted by Gasteiger charge is 2.24. The predicted octanol–water partition coefficient (Wildman–Crippen LogP) is 3.01. The van der Waals surface area contributed by atoms with E-state index in [1.165, 1.54) is 23.5 Å². The maximum absolute atomic E-state index is 8.56. The maximum Gasteiger partial charge on any atom is 0.135 e. The van der Waals surface area contributed by atoms with Gasteiger partial charge >= 0.3 is 0 Å². The van der Waals surface area contributed by atoms with Crippen molar-refractivity contribution in [2.75, 3.05) is 11.5 Å². The minimum absolute atomic E-state index is 0.0591. The molecular formula is C8H6N4S5. The molecule has 0 radical (unpaired) electrons. The van der Waals surface area contributed by atoms with Gasteiger partial charge < -0.3 is 0 Å².